The summed E-state index contributed by atoms with van der Waals surface area (Å²) in [4.78, 5) is 15.0. The Labute approximate surface area is 171 Å². The third kappa shape index (κ3) is 3.37. The predicted molar refractivity (Wildman–Crippen MR) is 106 cm³/mol. The van der Waals surface area contributed by atoms with E-state index in [1.165, 1.54) is 18.2 Å². The van der Waals surface area contributed by atoms with E-state index in [0.29, 0.717) is 30.1 Å². The summed E-state index contributed by atoms with van der Waals surface area (Å²) in [5.41, 5.74) is 2.51. The molecule has 1 unspecified atom stereocenters. The lowest BCUT2D eigenvalue weighted by Crippen LogP contribution is -2.45. The van der Waals surface area contributed by atoms with Gasteiger partial charge in [-0.3, -0.25) is 4.79 Å². The number of aromatic amines is 1. The quantitative estimate of drug-likeness (QED) is 0.639. The summed E-state index contributed by atoms with van der Waals surface area (Å²) < 4.78 is 47.0. The number of carbonyl (C=O) groups is 1. The standard InChI is InChI=1S/C23H21F3N2O2/c24-15-3-1-13(2-4-15)21-20(17-9-16(25)10-18(26)22(17)28-21)14-7-12(8-14)11-27-23(29)19-5-6-30-19/h1-4,9-10,12,14,19,28H,5-8,11H2,(H,27,29)/t12-,14+,19?. The van der Waals surface area contributed by atoms with Crippen molar-refractivity contribution in [3.63, 3.8) is 0 Å². The molecule has 3 aromatic rings. The first-order valence-electron chi connectivity index (χ1n) is 10.2. The van der Waals surface area contributed by atoms with Crippen LogP contribution in [-0.2, 0) is 9.53 Å². The van der Waals surface area contributed by atoms with Gasteiger partial charge in [-0.25, -0.2) is 13.2 Å². The fourth-order valence-corrected chi connectivity index (χ4v) is 4.45. The number of amides is 1. The Hall–Kier alpha value is -2.80. The van der Waals surface area contributed by atoms with Gasteiger partial charge >= 0.3 is 0 Å². The average Bonchev–Trinajstić information content (AvgIpc) is 2.99. The Morgan fingerprint density at radius 2 is 1.83 bits per heavy atom. The molecule has 2 fully saturated rings. The van der Waals surface area contributed by atoms with Gasteiger partial charge in [0.2, 0.25) is 5.91 Å². The molecule has 2 N–H and O–H groups in total. The first-order valence-corrected chi connectivity index (χ1v) is 10.2. The highest BCUT2D eigenvalue weighted by atomic mass is 19.1. The molecule has 1 amide bonds. The van der Waals surface area contributed by atoms with Crippen LogP contribution in [0.1, 0.15) is 30.7 Å². The van der Waals surface area contributed by atoms with Gasteiger partial charge in [-0.05, 0) is 66.1 Å². The number of aromatic nitrogens is 1. The fourth-order valence-electron chi connectivity index (χ4n) is 4.45. The Balaban J connectivity index is 1.41. The van der Waals surface area contributed by atoms with Crippen LogP contribution in [0.15, 0.2) is 36.4 Å². The number of hydrogen-bond acceptors (Lipinski definition) is 2. The molecule has 4 nitrogen and oxygen atoms in total. The summed E-state index contributed by atoms with van der Waals surface area (Å²) in [6.45, 7) is 1.19. The number of carbonyl (C=O) groups excluding carboxylic acids is 1. The van der Waals surface area contributed by atoms with E-state index in [4.69, 9.17) is 4.74 Å². The lowest BCUT2D eigenvalue weighted by Gasteiger charge is -2.37. The van der Waals surface area contributed by atoms with Crippen molar-refractivity contribution in [1.29, 1.82) is 0 Å². The SMILES string of the molecule is O=C(NC[C@H]1C[C@@H](c2c(-c3ccc(F)cc3)[nH]c3c(F)cc(F)cc32)C1)C1CCO1. The Morgan fingerprint density at radius 1 is 1.10 bits per heavy atom. The number of rotatable bonds is 5. The third-order valence-corrected chi connectivity index (χ3v) is 6.20. The summed E-state index contributed by atoms with van der Waals surface area (Å²) in [5.74, 6) is -1.32. The highest BCUT2D eigenvalue weighted by molar-refractivity contribution is 5.92. The molecule has 0 radical (unpaired) electrons. The van der Waals surface area contributed by atoms with E-state index in [9.17, 15) is 18.0 Å². The second-order valence-electron chi connectivity index (χ2n) is 8.16. The van der Waals surface area contributed by atoms with Crippen molar-refractivity contribution in [2.24, 2.45) is 5.92 Å². The average molecular weight is 414 g/mol. The normalized spacial score (nSPS) is 23.1. The molecule has 0 spiro atoms. The van der Waals surface area contributed by atoms with Crippen LogP contribution in [0.5, 0.6) is 0 Å². The molecule has 1 saturated heterocycles. The topological polar surface area (TPSA) is 54.1 Å². The smallest absolute Gasteiger partial charge is 0.249 e. The van der Waals surface area contributed by atoms with Crippen molar-refractivity contribution < 1.29 is 22.7 Å². The monoisotopic (exact) mass is 414 g/mol. The molecule has 2 heterocycles. The van der Waals surface area contributed by atoms with Gasteiger partial charge in [0.15, 0.2) is 0 Å². The lowest BCUT2D eigenvalue weighted by atomic mass is 9.70. The van der Waals surface area contributed by atoms with Crippen molar-refractivity contribution in [3.8, 4) is 11.3 Å². The van der Waals surface area contributed by atoms with Crippen LogP contribution in [0.2, 0.25) is 0 Å². The zero-order chi connectivity index (χ0) is 20.8. The van der Waals surface area contributed by atoms with Gasteiger partial charge < -0.3 is 15.0 Å². The van der Waals surface area contributed by atoms with Crippen LogP contribution in [-0.4, -0.2) is 30.1 Å². The van der Waals surface area contributed by atoms with E-state index in [2.05, 4.69) is 10.3 Å². The molecule has 1 atom stereocenters. The van der Waals surface area contributed by atoms with Gasteiger partial charge in [0.1, 0.15) is 23.6 Å². The molecule has 156 valence electrons. The molecule has 1 aliphatic carbocycles. The number of ether oxygens (including phenoxy) is 1. The molecule has 2 aromatic carbocycles. The summed E-state index contributed by atoms with van der Waals surface area (Å²) in [6.07, 6.45) is 2.02. The van der Waals surface area contributed by atoms with Crippen molar-refractivity contribution in [2.75, 3.05) is 13.2 Å². The Morgan fingerprint density at radius 3 is 2.50 bits per heavy atom. The zero-order valence-corrected chi connectivity index (χ0v) is 16.2. The molecule has 2 aliphatic rings. The van der Waals surface area contributed by atoms with Crippen LogP contribution >= 0.6 is 0 Å². The maximum absolute atomic E-state index is 14.4. The minimum atomic E-state index is -0.650. The van der Waals surface area contributed by atoms with Gasteiger partial charge in [0.05, 0.1) is 17.8 Å². The van der Waals surface area contributed by atoms with Crippen LogP contribution in [0.3, 0.4) is 0 Å². The lowest BCUT2D eigenvalue weighted by molar-refractivity contribution is -0.145. The van der Waals surface area contributed by atoms with Crippen LogP contribution in [0.25, 0.3) is 22.2 Å². The summed E-state index contributed by atoms with van der Waals surface area (Å²) in [6, 6.07) is 8.17. The third-order valence-electron chi connectivity index (χ3n) is 6.20. The van der Waals surface area contributed by atoms with Gasteiger partial charge in [-0.2, -0.15) is 0 Å². The molecule has 1 saturated carbocycles. The minimum absolute atomic E-state index is 0.0760. The first-order chi connectivity index (χ1) is 14.5. The number of H-pyrrole nitrogens is 1. The molecule has 30 heavy (non-hydrogen) atoms. The predicted octanol–water partition coefficient (Wildman–Crippen LogP) is 4.65. The molecule has 7 heteroatoms. The van der Waals surface area contributed by atoms with E-state index < -0.39 is 11.6 Å². The van der Waals surface area contributed by atoms with Gasteiger partial charge in [0.25, 0.3) is 0 Å². The number of hydrogen-bond donors (Lipinski definition) is 2. The van der Waals surface area contributed by atoms with E-state index in [-0.39, 0.29) is 29.3 Å². The van der Waals surface area contributed by atoms with E-state index in [0.717, 1.165) is 36.5 Å². The van der Waals surface area contributed by atoms with Gasteiger partial charge in [-0.15, -0.1) is 0 Å². The van der Waals surface area contributed by atoms with Crippen molar-refractivity contribution in [3.05, 3.63) is 59.4 Å². The molecular weight excluding hydrogens is 393 g/mol. The Bertz CT molecular complexity index is 1100. The summed E-state index contributed by atoms with van der Waals surface area (Å²) in [7, 11) is 0. The van der Waals surface area contributed by atoms with Crippen molar-refractivity contribution >= 4 is 16.8 Å². The Kier molecular flexibility index (Phi) is 4.77. The van der Waals surface area contributed by atoms with E-state index >= 15 is 0 Å². The number of halogens is 3. The summed E-state index contributed by atoms with van der Waals surface area (Å²) in [5, 5.41) is 3.44. The molecule has 1 aliphatic heterocycles. The van der Waals surface area contributed by atoms with Crippen LogP contribution < -0.4 is 5.32 Å². The highest BCUT2D eigenvalue weighted by Crippen LogP contribution is 2.48. The number of fused-ring (bicyclic) bond motifs is 1. The van der Waals surface area contributed by atoms with Gasteiger partial charge in [-0.1, -0.05) is 0 Å². The van der Waals surface area contributed by atoms with Crippen LogP contribution in [0, 0.1) is 23.4 Å². The second kappa shape index (κ2) is 7.47. The summed E-state index contributed by atoms with van der Waals surface area (Å²) >= 11 is 0. The minimum Gasteiger partial charge on any atom is -0.368 e. The van der Waals surface area contributed by atoms with Crippen molar-refractivity contribution in [2.45, 2.75) is 31.3 Å². The van der Waals surface area contributed by atoms with E-state index in [1.807, 2.05) is 0 Å². The number of nitrogens with one attached hydrogen (secondary N) is 2. The van der Waals surface area contributed by atoms with Gasteiger partial charge in [0, 0.05) is 24.4 Å². The zero-order valence-electron chi connectivity index (χ0n) is 16.2. The number of benzene rings is 2. The molecular formula is C23H21F3N2O2. The largest absolute Gasteiger partial charge is 0.368 e. The first kappa shape index (κ1) is 19.2. The molecule has 1 aromatic heterocycles. The van der Waals surface area contributed by atoms with Crippen molar-refractivity contribution in [1.82, 2.24) is 10.3 Å². The highest BCUT2D eigenvalue weighted by Gasteiger charge is 2.35. The maximum atomic E-state index is 14.4. The maximum Gasteiger partial charge on any atom is 0.249 e. The fraction of sp³-hybridized carbons (Fsp3) is 0.348. The molecule has 5 rings (SSSR count). The molecule has 0 bridgehead atoms. The second-order valence-corrected chi connectivity index (χ2v) is 8.16. The van der Waals surface area contributed by atoms with E-state index in [1.54, 1.807) is 12.1 Å². The van der Waals surface area contributed by atoms with Crippen LogP contribution in [0.4, 0.5) is 13.2 Å².